The Kier molecular flexibility index (Phi) is 5.63. The molecule has 1 amide bonds. The second-order valence-electron chi connectivity index (χ2n) is 6.64. The van der Waals surface area contributed by atoms with Crippen molar-refractivity contribution < 1.29 is 13.2 Å². The van der Waals surface area contributed by atoms with Crippen LogP contribution in [0, 0.1) is 0 Å². The van der Waals surface area contributed by atoms with Crippen molar-refractivity contribution in [2.75, 3.05) is 7.05 Å². The summed E-state index contributed by atoms with van der Waals surface area (Å²) in [7, 11) is -2.01. The number of sulfonamides is 1. The zero-order chi connectivity index (χ0) is 20.3. The van der Waals surface area contributed by atoms with Crippen molar-refractivity contribution in [2.45, 2.75) is 17.9 Å². The molecule has 0 aliphatic heterocycles. The van der Waals surface area contributed by atoms with Crippen LogP contribution in [0.4, 0.5) is 0 Å². The molecule has 0 fully saturated rings. The van der Waals surface area contributed by atoms with E-state index in [-0.39, 0.29) is 16.8 Å². The zero-order valence-electron chi connectivity index (χ0n) is 15.7. The second-order valence-corrected chi connectivity index (χ2v) is 8.20. The Balaban J connectivity index is 1.77. The standard InChI is InChI=1S/C22H22N2O3S/c1-16(17-10-13-20(14-11-17)28(23,26)27)24(2)22(25)15-12-19-8-5-7-18-6-3-4-9-21(18)19/h3-16H,1-2H3,(H2,23,26,27). The van der Waals surface area contributed by atoms with E-state index < -0.39 is 10.0 Å². The number of likely N-dealkylation sites (N-methyl/N-ethyl adjacent to an activating group) is 1. The van der Waals surface area contributed by atoms with Gasteiger partial charge < -0.3 is 4.90 Å². The van der Waals surface area contributed by atoms with Crippen LogP contribution < -0.4 is 5.14 Å². The minimum atomic E-state index is -3.73. The number of rotatable bonds is 5. The zero-order valence-corrected chi connectivity index (χ0v) is 16.6. The molecule has 0 aromatic heterocycles. The number of nitrogens with two attached hydrogens (primary N) is 1. The highest BCUT2D eigenvalue weighted by molar-refractivity contribution is 7.89. The maximum Gasteiger partial charge on any atom is 0.246 e. The van der Waals surface area contributed by atoms with Gasteiger partial charge in [0, 0.05) is 13.1 Å². The summed E-state index contributed by atoms with van der Waals surface area (Å²) in [5.74, 6) is -0.143. The normalized spacial score (nSPS) is 13.0. The van der Waals surface area contributed by atoms with Gasteiger partial charge in [0.1, 0.15) is 0 Å². The fourth-order valence-corrected chi connectivity index (χ4v) is 3.54. The number of primary sulfonamides is 1. The minimum absolute atomic E-state index is 0.0493. The third-order valence-corrected chi connectivity index (χ3v) is 5.78. The molecule has 0 aliphatic rings. The fourth-order valence-electron chi connectivity index (χ4n) is 3.02. The van der Waals surface area contributed by atoms with Crippen molar-refractivity contribution in [1.82, 2.24) is 4.90 Å². The van der Waals surface area contributed by atoms with E-state index in [1.165, 1.54) is 12.1 Å². The molecule has 6 heteroatoms. The van der Waals surface area contributed by atoms with Crippen molar-refractivity contribution in [3.63, 3.8) is 0 Å². The Labute approximate surface area is 165 Å². The Morgan fingerprint density at radius 3 is 2.32 bits per heavy atom. The summed E-state index contributed by atoms with van der Waals surface area (Å²) < 4.78 is 22.7. The molecule has 0 saturated heterocycles. The van der Waals surface area contributed by atoms with Crippen molar-refractivity contribution >= 4 is 32.8 Å². The van der Waals surface area contributed by atoms with Crippen LogP contribution in [0.1, 0.15) is 24.1 Å². The molecule has 0 aliphatic carbocycles. The van der Waals surface area contributed by atoms with Crippen LogP contribution in [0.3, 0.4) is 0 Å². The molecule has 5 nitrogen and oxygen atoms in total. The van der Waals surface area contributed by atoms with Crippen LogP contribution in [0.15, 0.2) is 77.7 Å². The summed E-state index contributed by atoms with van der Waals surface area (Å²) in [4.78, 5) is 14.3. The van der Waals surface area contributed by atoms with Gasteiger partial charge in [-0.15, -0.1) is 0 Å². The van der Waals surface area contributed by atoms with Gasteiger partial charge >= 0.3 is 0 Å². The molecule has 3 aromatic carbocycles. The first-order valence-electron chi connectivity index (χ1n) is 8.83. The molecule has 0 heterocycles. The first-order valence-corrected chi connectivity index (χ1v) is 10.4. The van der Waals surface area contributed by atoms with Gasteiger partial charge in [-0.25, -0.2) is 13.6 Å². The van der Waals surface area contributed by atoms with Gasteiger partial charge in [-0.05, 0) is 47.0 Å². The van der Waals surface area contributed by atoms with Crippen molar-refractivity contribution in [3.05, 3.63) is 83.9 Å². The third kappa shape index (κ3) is 4.30. The molecule has 2 N–H and O–H groups in total. The molecule has 0 radical (unpaired) electrons. The average molecular weight is 394 g/mol. The van der Waals surface area contributed by atoms with Gasteiger partial charge in [0.2, 0.25) is 15.9 Å². The maximum atomic E-state index is 12.6. The maximum absolute atomic E-state index is 12.6. The fraction of sp³-hybridized carbons (Fsp3) is 0.136. The number of fused-ring (bicyclic) bond motifs is 1. The van der Waals surface area contributed by atoms with Gasteiger partial charge in [0.05, 0.1) is 10.9 Å². The van der Waals surface area contributed by atoms with Gasteiger partial charge in [-0.2, -0.15) is 0 Å². The molecular weight excluding hydrogens is 372 g/mol. The summed E-state index contributed by atoms with van der Waals surface area (Å²) in [5.41, 5.74) is 1.80. The van der Waals surface area contributed by atoms with E-state index in [9.17, 15) is 13.2 Å². The monoisotopic (exact) mass is 394 g/mol. The van der Waals surface area contributed by atoms with Crippen molar-refractivity contribution in [2.24, 2.45) is 5.14 Å². The van der Waals surface area contributed by atoms with Gasteiger partial charge in [-0.1, -0.05) is 54.6 Å². The number of nitrogens with zero attached hydrogens (tertiary/aromatic N) is 1. The summed E-state index contributed by atoms with van der Waals surface area (Å²) in [6.45, 7) is 1.88. The summed E-state index contributed by atoms with van der Waals surface area (Å²) in [6, 6.07) is 20.0. The Hall–Kier alpha value is -2.96. The molecule has 3 aromatic rings. The quantitative estimate of drug-likeness (QED) is 0.670. The van der Waals surface area contributed by atoms with Crippen LogP contribution in [-0.4, -0.2) is 26.3 Å². The highest BCUT2D eigenvalue weighted by atomic mass is 32.2. The van der Waals surface area contributed by atoms with Crippen LogP contribution >= 0.6 is 0 Å². The molecule has 1 unspecified atom stereocenters. The van der Waals surface area contributed by atoms with E-state index in [1.54, 1.807) is 30.2 Å². The molecular formula is C22H22N2O3S. The summed E-state index contributed by atoms with van der Waals surface area (Å²) in [6.07, 6.45) is 3.37. The van der Waals surface area contributed by atoms with Crippen molar-refractivity contribution in [1.29, 1.82) is 0 Å². The van der Waals surface area contributed by atoms with Crippen molar-refractivity contribution in [3.8, 4) is 0 Å². The van der Waals surface area contributed by atoms with Gasteiger partial charge in [0.25, 0.3) is 0 Å². The SMILES string of the molecule is CC(c1ccc(S(N)(=O)=O)cc1)N(C)C(=O)C=Cc1cccc2ccccc12. The lowest BCUT2D eigenvalue weighted by Crippen LogP contribution is -2.28. The molecule has 0 spiro atoms. The number of carbonyl (C=O) groups excluding carboxylic acids is 1. The number of hydrogen-bond acceptors (Lipinski definition) is 3. The predicted octanol–water partition coefficient (Wildman–Crippen LogP) is 3.72. The molecule has 1 atom stereocenters. The molecule has 3 rings (SSSR count). The Morgan fingerprint density at radius 1 is 1.00 bits per heavy atom. The topological polar surface area (TPSA) is 80.5 Å². The highest BCUT2D eigenvalue weighted by Crippen LogP contribution is 2.22. The Bertz CT molecular complexity index is 1130. The predicted molar refractivity (Wildman–Crippen MR) is 112 cm³/mol. The number of carbonyl (C=O) groups is 1. The number of benzene rings is 3. The highest BCUT2D eigenvalue weighted by Gasteiger charge is 2.16. The van der Waals surface area contributed by atoms with E-state index in [4.69, 9.17) is 5.14 Å². The lowest BCUT2D eigenvalue weighted by atomic mass is 10.0. The lowest BCUT2D eigenvalue weighted by molar-refractivity contribution is -0.126. The summed E-state index contributed by atoms with van der Waals surface area (Å²) in [5, 5.41) is 7.33. The third-order valence-electron chi connectivity index (χ3n) is 4.85. The summed E-state index contributed by atoms with van der Waals surface area (Å²) >= 11 is 0. The second kappa shape index (κ2) is 7.96. The van der Waals surface area contributed by atoms with Crippen LogP contribution in [0.5, 0.6) is 0 Å². The van der Waals surface area contributed by atoms with Crippen LogP contribution in [0.2, 0.25) is 0 Å². The van der Waals surface area contributed by atoms with E-state index >= 15 is 0 Å². The largest absolute Gasteiger partial charge is 0.335 e. The Morgan fingerprint density at radius 2 is 1.64 bits per heavy atom. The first-order chi connectivity index (χ1) is 13.3. The van der Waals surface area contributed by atoms with E-state index in [0.717, 1.165) is 21.9 Å². The lowest BCUT2D eigenvalue weighted by Gasteiger charge is -2.24. The average Bonchev–Trinajstić information content (AvgIpc) is 2.70. The minimum Gasteiger partial charge on any atom is -0.335 e. The molecule has 0 saturated carbocycles. The van der Waals surface area contributed by atoms with Gasteiger partial charge in [0.15, 0.2) is 0 Å². The van der Waals surface area contributed by atoms with E-state index in [2.05, 4.69) is 0 Å². The first kappa shape index (κ1) is 19.8. The molecule has 28 heavy (non-hydrogen) atoms. The van der Waals surface area contributed by atoms with Crippen LogP contribution in [-0.2, 0) is 14.8 Å². The van der Waals surface area contributed by atoms with Crippen LogP contribution in [0.25, 0.3) is 16.8 Å². The number of amides is 1. The number of hydrogen-bond donors (Lipinski definition) is 1. The smallest absolute Gasteiger partial charge is 0.246 e. The van der Waals surface area contributed by atoms with E-state index in [1.807, 2.05) is 55.5 Å². The van der Waals surface area contributed by atoms with Gasteiger partial charge in [-0.3, -0.25) is 4.79 Å². The molecule has 144 valence electrons. The molecule has 0 bridgehead atoms. The van der Waals surface area contributed by atoms with E-state index in [0.29, 0.717) is 0 Å².